The lowest BCUT2D eigenvalue weighted by Crippen LogP contribution is -2.44. The molecule has 1 aliphatic heterocycles. The monoisotopic (exact) mass is 474 g/mol. The lowest BCUT2D eigenvalue weighted by molar-refractivity contribution is -0.123. The van der Waals surface area contributed by atoms with E-state index < -0.39 is 11.8 Å². The second kappa shape index (κ2) is 9.18. The van der Waals surface area contributed by atoms with Crippen molar-refractivity contribution in [3.05, 3.63) is 81.7 Å². The van der Waals surface area contributed by atoms with Gasteiger partial charge in [-0.05, 0) is 48.6 Å². The van der Waals surface area contributed by atoms with Gasteiger partial charge in [0.15, 0.2) is 4.32 Å². The van der Waals surface area contributed by atoms with Crippen LogP contribution >= 0.6 is 39.9 Å². The highest BCUT2D eigenvalue weighted by Crippen LogP contribution is 2.34. The maximum Gasteiger partial charge on any atom is 0.285 e. The Bertz CT molecular complexity index is 977. The molecule has 3 rings (SSSR count). The second-order valence-electron chi connectivity index (χ2n) is 5.61. The molecular weight excluding hydrogens is 460 g/mol. The van der Waals surface area contributed by atoms with Gasteiger partial charge in [0.2, 0.25) is 0 Å². The molecule has 2 aromatic rings. The van der Waals surface area contributed by atoms with Gasteiger partial charge in [0.1, 0.15) is 12.4 Å². The molecule has 1 heterocycles. The Labute approximate surface area is 180 Å². The molecule has 0 radical (unpaired) electrons. The smallest absolute Gasteiger partial charge is 0.285 e. The Morgan fingerprint density at radius 1 is 1.29 bits per heavy atom. The van der Waals surface area contributed by atoms with E-state index in [-0.39, 0.29) is 4.32 Å². The lowest BCUT2D eigenvalue weighted by atomic mass is 10.2. The molecule has 0 spiro atoms. The number of nitrogens with zero attached hydrogens (tertiary/aromatic N) is 1. The summed E-state index contributed by atoms with van der Waals surface area (Å²) in [6, 6.07) is 14.1. The van der Waals surface area contributed by atoms with Crippen molar-refractivity contribution in [2.24, 2.45) is 0 Å². The summed E-state index contributed by atoms with van der Waals surface area (Å²) in [4.78, 5) is 25.5. The number of hydrogen-bond donors (Lipinski definition) is 1. The van der Waals surface area contributed by atoms with Gasteiger partial charge in [-0.15, -0.1) is 0 Å². The van der Waals surface area contributed by atoms with Gasteiger partial charge >= 0.3 is 0 Å². The third kappa shape index (κ3) is 4.70. The fourth-order valence-corrected chi connectivity index (χ4v) is 3.92. The number of rotatable bonds is 6. The normalized spacial score (nSPS) is 15.0. The van der Waals surface area contributed by atoms with Gasteiger partial charge in [0.05, 0.1) is 4.91 Å². The number of thioether (sulfide) groups is 1. The molecule has 0 saturated carbocycles. The van der Waals surface area contributed by atoms with Crippen molar-refractivity contribution in [1.82, 2.24) is 10.4 Å². The van der Waals surface area contributed by atoms with Gasteiger partial charge in [0.25, 0.3) is 11.8 Å². The molecular formula is C20H15BrN2O3S2. The summed E-state index contributed by atoms with van der Waals surface area (Å²) < 4.78 is 6.74. The van der Waals surface area contributed by atoms with E-state index in [1.807, 2.05) is 18.2 Å². The summed E-state index contributed by atoms with van der Waals surface area (Å²) in [5.41, 5.74) is 3.71. The Kier molecular flexibility index (Phi) is 6.66. The van der Waals surface area contributed by atoms with Crippen LogP contribution in [0.1, 0.15) is 15.9 Å². The number of thiocarbonyl (C=S) groups is 1. The van der Waals surface area contributed by atoms with E-state index >= 15 is 0 Å². The fraction of sp³-hybridized carbons (Fsp3) is 0.0500. The maximum atomic E-state index is 12.8. The average molecular weight is 475 g/mol. The first-order valence-corrected chi connectivity index (χ1v) is 10.2. The molecule has 1 aliphatic rings. The zero-order valence-corrected chi connectivity index (χ0v) is 17.8. The molecule has 0 aromatic heterocycles. The van der Waals surface area contributed by atoms with Crippen LogP contribution in [0.5, 0.6) is 5.75 Å². The van der Waals surface area contributed by atoms with Crippen LogP contribution in [0.15, 0.2) is 70.6 Å². The van der Waals surface area contributed by atoms with Gasteiger partial charge in [-0.25, -0.2) is 0 Å². The lowest BCUT2D eigenvalue weighted by Gasteiger charge is -2.15. The largest absolute Gasteiger partial charge is 0.489 e. The van der Waals surface area contributed by atoms with Gasteiger partial charge in [0, 0.05) is 15.6 Å². The molecule has 1 fully saturated rings. The van der Waals surface area contributed by atoms with Gasteiger partial charge in [-0.1, -0.05) is 58.5 Å². The first-order chi connectivity index (χ1) is 13.5. The Morgan fingerprint density at radius 2 is 2.04 bits per heavy atom. The number of carbonyl (C=O) groups excluding carboxylic acids is 2. The predicted molar refractivity (Wildman–Crippen MR) is 119 cm³/mol. The first kappa shape index (κ1) is 20.3. The van der Waals surface area contributed by atoms with E-state index in [9.17, 15) is 9.59 Å². The van der Waals surface area contributed by atoms with Crippen LogP contribution in [-0.4, -0.2) is 27.8 Å². The van der Waals surface area contributed by atoms with Crippen molar-refractivity contribution in [2.75, 3.05) is 6.61 Å². The summed E-state index contributed by atoms with van der Waals surface area (Å²) in [5, 5.41) is 1.09. The molecule has 0 unspecified atom stereocenters. The molecule has 28 heavy (non-hydrogen) atoms. The molecule has 142 valence electrons. The highest BCUT2D eigenvalue weighted by atomic mass is 79.9. The molecule has 8 heteroatoms. The van der Waals surface area contributed by atoms with Crippen LogP contribution < -0.4 is 10.2 Å². The standard InChI is InChI=1S/C20H15BrN2O3S2/c1-2-10-26-16-9-8-15(21)11-14(16)12-17-19(25)23(20(27)28-17)22-18(24)13-6-4-3-5-7-13/h2-9,11-12H,1,10H2,(H,22,24)/b17-12+. The van der Waals surface area contributed by atoms with Crippen molar-refractivity contribution < 1.29 is 14.3 Å². The van der Waals surface area contributed by atoms with E-state index in [1.165, 1.54) is 0 Å². The molecule has 0 atom stereocenters. The van der Waals surface area contributed by atoms with E-state index in [0.717, 1.165) is 21.2 Å². The van der Waals surface area contributed by atoms with Crippen molar-refractivity contribution in [1.29, 1.82) is 0 Å². The Balaban J connectivity index is 1.82. The SMILES string of the molecule is C=CCOc1ccc(Br)cc1/C=C1/SC(=S)N(NC(=O)c2ccccc2)C1=O. The average Bonchev–Trinajstić information content (AvgIpc) is 2.95. The highest BCUT2D eigenvalue weighted by Gasteiger charge is 2.34. The Morgan fingerprint density at radius 3 is 2.75 bits per heavy atom. The minimum atomic E-state index is -0.407. The number of halogens is 1. The zero-order chi connectivity index (χ0) is 20.1. The zero-order valence-electron chi connectivity index (χ0n) is 14.6. The number of hydrazine groups is 1. The molecule has 5 nitrogen and oxygen atoms in total. The maximum absolute atomic E-state index is 12.8. The number of benzene rings is 2. The molecule has 0 aliphatic carbocycles. The second-order valence-corrected chi connectivity index (χ2v) is 8.20. The molecule has 2 amide bonds. The van der Waals surface area contributed by atoms with Gasteiger partial charge < -0.3 is 4.74 Å². The minimum absolute atomic E-state index is 0.254. The summed E-state index contributed by atoms with van der Waals surface area (Å²) in [6.45, 7) is 3.98. The first-order valence-electron chi connectivity index (χ1n) is 8.17. The Hall–Kier alpha value is -2.42. The van der Waals surface area contributed by atoms with Crippen molar-refractivity contribution >= 4 is 62.1 Å². The fourth-order valence-electron chi connectivity index (χ4n) is 2.37. The van der Waals surface area contributed by atoms with E-state index in [4.69, 9.17) is 17.0 Å². The van der Waals surface area contributed by atoms with Crippen molar-refractivity contribution in [2.45, 2.75) is 0 Å². The number of nitrogens with one attached hydrogen (secondary N) is 1. The van der Waals surface area contributed by atoms with Crippen LogP contribution in [-0.2, 0) is 4.79 Å². The van der Waals surface area contributed by atoms with Crippen molar-refractivity contribution in [3.63, 3.8) is 0 Å². The predicted octanol–water partition coefficient (Wildman–Crippen LogP) is 4.56. The molecule has 2 aromatic carbocycles. The molecule has 1 N–H and O–H groups in total. The van der Waals surface area contributed by atoms with Crippen LogP contribution in [0, 0.1) is 0 Å². The highest BCUT2D eigenvalue weighted by molar-refractivity contribution is 9.10. The van der Waals surface area contributed by atoms with Gasteiger partial charge in [-0.2, -0.15) is 5.01 Å². The van der Waals surface area contributed by atoms with Crippen LogP contribution in [0.25, 0.3) is 6.08 Å². The minimum Gasteiger partial charge on any atom is -0.489 e. The summed E-state index contributed by atoms with van der Waals surface area (Å²) in [6.07, 6.45) is 3.33. The number of hydrogen-bond acceptors (Lipinski definition) is 5. The quantitative estimate of drug-likeness (QED) is 0.377. The molecule has 0 bridgehead atoms. The summed E-state index contributed by atoms with van der Waals surface area (Å²) in [7, 11) is 0. The van der Waals surface area contributed by atoms with Crippen LogP contribution in [0.2, 0.25) is 0 Å². The third-order valence-corrected chi connectivity index (χ3v) is 5.45. The third-order valence-electron chi connectivity index (χ3n) is 3.66. The summed E-state index contributed by atoms with van der Waals surface area (Å²) >= 11 is 9.80. The molecule has 1 saturated heterocycles. The van der Waals surface area contributed by atoms with Crippen molar-refractivity contribution in [3.8, 4) is 5.75 Å². The number of ether oxygens (including phenoxy) is 1. The topological polar surface area (TPSA) is 58.6 Å². The number of amides is 2. The van der Waals surface area contributed by atoms with Gasteiger partial charge in [-0.3, -0.25) is 15.0 Å². The van der Waals surface area contributed by atoms with E-state index in [1.54, 1.807) is 42.5 Å². The van der Waals surface area contributed by atoms with Crippen LogP contribution in [0.3, 0.4) is 0 Å². The number of carbonyl (C=O) groups is 2. The van der Waals surface area contributed by atoms with E-state index in [0.29, 0.717) is 28.4 Å². The summed E-state index contributed by atoms with van der Waals surface area (Å²) in [5.74, 6) is -0.189. The van der Waals surface area contributed by atoms with E-state index in [2.05, 4.69) is 27.9 Å². The van der Waals surface area contributed by atoms with Crippen LogP contribution in [0.4, 0.5) is 0 Å².